The molecular weight excluding hydrogens is 336 g/mol. The van der Waals surface area contributed by atoms with Gasteiger partial charge in [0.15, 0.2) is 11.5 Å². The summed E-state index contributed by atoms with van der Waals surface area (Å²) in [4.78, 5) is 21.6. The average molecular weight is 352 g/mol. The lowest BCUT2D eigenvalue weighted by Crippen LogP contribution is -2.16. The van der Waals surface area contributed by atoms with Crippen molar-refractivity contribution in [2.45, 2.75) is 6.42 Å². The topological polar surface area (TPSA) is 90.6 Å². The Balaban J connectivity index is 1.76. The molecule has 132 valence electrons. The number of fused-ring (bicyclic) bond motifs is 2. The molecule has 0 saturated carbocycles. The van der Waals surface area contributed by atoms with Crippen LogP contribution >= 0.6 is 0 Å². The predicted octanol–water partition coefficient (Wildman–Crippen LogP) is 3.25. The number of methoxy groups -OCH3 is 2. The highest BCUT2D eigenvalue weighted by atomic mass is 16.6. The first-order valence-electron chi connectivity index (χ1n) is 8.04. The van der Waals surface area contributed by atoms with Gasteiger partial charge in [-0.1, -0.05) is 0 Å². The van der Waals surface area contributed by atoms with Crippen molar-refractivity contribution in [3.05, 3.63) is 52.2 Å². The van der Waals surface area contributed by atoms with Gasteiger partial charge in [-0.05, 0) is 24.1 Å². The first-order valence-corrected chi connectivity index (χ1v) is 8.04. The van der Waals surface area contributed by atoms with E-state index in [0.717, 1.165) is 22.2 Å². The third kappa shape index (κ3) is 2.55. The normalized spacial score (nSPS) is 12.9. The van der Waals surface area contributed by atoms with Crippen molar-refractivity contribution >= 4 is 28.2 Å². The summed E-state index contributed by atoms with van der Waals surface area (Å²) in [6.45, 7) is 0.676. The molecule has 8 nitrogen and oxygen atoms in total. The largest absolute Gasteiger partial charge is 0.493 e. The number of hydrogen-bond acceptors (Lipinski definition) is 7. The van der Waals surface area contributed by atoms with Crippen molar-refractivity contribution in [1.82, 2.24) is 9.97 Å². The molecule has 1 aliphatic heterocycles. The van der Waals surface area contributed by atoms with Crippen LogP contribution in [0.1, 0.15) is 5.56 Å². The van der Waals surface area contributed by atoms with Crippen LogP contribution in [0.2, 0.25) is 0 Å². The standard InChI is InChI=1S/C18H16N4O4/c1-25-16-8-12-10-19-18(20-14(12)9-17(16)26-2)21-6-5-11-7-13(22(23)24)3-4-15(11)21/h3-4,7-10H,5-6H2,1-2H3. The molecule has 8 heteroatoms. The van der Waals surface area contributed by atoms with Crippen LogP contribution < -0.4 is 14.4 Å². The molecule has 1 aliphatic rings. The Morgan fingerprint density at radius 2 is 1.92 bits per heavy atom. The molecule has 1 aromatic heterocycles. The lowest BCUT2D eigenvalue weighted by Gasteiger charge is -2.17. The Morgan fingerprint density at radius 1 is 1.15 bits per heavy atom. The van der Waals surface area contributed by atoms with Crippen LogP contribution in [0, 0.1) is 10.1 Å². The Labute approximate surface area is 149 Å². The van der Waals surface area contributed by atoms with Crippen LogP contribution in [0.3, 0.4) is 0 Å². The van der Waals surface area contributed by atoms with E-state index in [1.807, 2.05) is 17.0 Å². The van der Waals surface area contributed by atoms with Gasteiger partial charge >= 0.3 is 0 Å². The number of rotatable bonds is 4. The van der Waals surface area contributed by atoms with Crippen molar-refractivity contribution in [3.8, 4) is 11.5 Å². The summed E-state index contributed by atoms with van der Waals surface area (Å²) in [5.74, 6) is 1.77. The van der Waals surface area contributed by atoms with Crippen molar-refractivity contribution < 1.29 is 14.4 Å². The minimum atomic E-state index is -0.380. The fraction of sp³-hybridized carbons (Fsp3) is 0.222. The fourth-order valence-electron chi connectivity index (χ4n) is 3.19. The molecule has 0 fully saturated rings. The summed E-state index contributed by atoms with van der Waals surface area (Å²) in [6, 6.07) is 8.52. The van der Waals surface area contributed by atoms with Gasteiger partial charge < -0.3 is 14.4 Å². The second-order valence-electron chi connectivity index (χ2n) is 5.91. The summed E-state index contributed by atoms with van der Waals surface area (Å²) in [5, 5.41) is 11.8. The minimum Gasteiger partial charge on any atom is -0.493 e. The number of anilines is 2. The summed E-state index contributed by atoms with van der Waals surface area (Å²) in [6.07, 6.45) is 2.45. The summed E-state index contributed by atoms with van der Waals surface area (Å²) in [7, 11) is 3.16. The van der Waals surface area contributed by atoms with Gasteiger partial charge in [-0.25, -0.2) is 9.97 Å². The van der Waals surface area contributed by atoms with E-state index < -0.39 is 0 Å². The summed E-state index contributed by atoms with van der Waals surface area (Å²) >= 11 is 0. The maximum atomic E-state index is 11.0. The molecule has 0 aliphatic carbocycles. The highest BCUT2D eigenvalue weighted by Gasteiger charge is 2.25. The third-order valence-corrected chi connectivity index (χ3v) is 4.48. The quantitative estimate of drug-likeness (QED) is 0.526. The molecule has 0 N–H and O–H groups in total. The SMILES string of the molecule is COc1cc2cnc(N3CCc4cc([N+](=O)[O-])ccc43)nc2cc1OC. The van der Waals surface area contributed by atoms with E-state index in [2.05, 4.69) is 9.97 Å². The third-order valence-electron chi connectivity index (χ3n) is 4.48. The zero-order chi connectivity index (χ0) is 18.3. The van der Waals surface area contributed by atoms with Crippen LogP contribution in [-0.4, -0.2) is 35.7 Å². The van der Waals surface area contributed by atoms with Gasteiger partial charge in [0.1, 0.15) is 0 Å². The van der Waals surface area contributed by atoms with Gasteiger partial charge in [0.05, 0.1) is 24.7 Å². The highest BCUT2D eigenvalue weighted by molar-refractivity contribution is 5.83. The smallest absolute Gasteiger partial charge is 0.269 e. The van der Waals surface area contributed by atoms with Gasteiger partial charge in [0.25, 0.3) is 5.69 Å². The van der Waals surface area contributed by atoms with Gasteiger partial charge in [-0.3, -0.25) is 10.1 Å². The zero-order valence-corrected chi connectivity index (χ0v) is 14.3. The number of ether oxygens (including phenoxy) is 2. The Bertz CT molecular complexity index is 1020. The van der Waals surface area contributed by atoms with Gasteiger partial charge in [0.2, 0.25) is 5.95 Å². The maximum absolute atomic E-state index is 11.0. The molecule has 4 rings (SSSR count). The molecule has 0 unspecified atom stereocenters. The van der Waals surface area contributed by atoms with Crippen LogP contribution in [0.25, 0.3) is 10.9 Å². The monoisotopic (exact) mass is 352 g/mol. The van der Waals surface area contributed by atoms with Gasteiger partial charge in [-0.2, -0.15) is 0 Å². The number of nitro groups is 1. The lowest BCUT2D eigenvalue weighted by molar-refractivity contribution is -0.384. The molecule has 0 radical (unpaired) electrons. The number of aromatic nitrogens is 2. The van der Waals surface area contributed by atoms with E-state index in [-0.39, 0.29) is 10.6 Å². The van der Waals surface area contributed by atoms with E-state index in [1.54, 1.807) is 32.5 Å². The van der Waals surface area contributed by atoms with E-state index in [0.29, 0.717) is 30.4 Å². The number of benzene rings is 2. The number of nitro benzene ring substituents is 1. The minimum absolute atomic E-state index is 0.0989. The molecule has 0 atom stereocenters. The fourth-order valence-corrected chi connectivity index (χ4v) is 3.19. The lowest BCUT2D eigenvalue weighted by atomic mass is 10.1. The van der Waals surface area contributed by atoms with Crippen LogP contribution in [0.15, 0.2) is 36.5 Å². The zero-order valence-electron chi connectivity index (χ0n) is 14.3. The van der Waals surface area contributed by atoms with E-state index in [1.165, 1.54) is 6.07 Å². The van der Waals surface area contributed by atoms with Crippen LogP contribution in [0.5, 0.6) is 11.5 Å². The molecule has 0 amide bonds. The van der Waals surface area contributed by atoms with Gasteiger partial charge in [0, 0.05) is 42.0 Å². The molecule has 0 bridgehead atoms. The van der Waals surface area contributed by atoms with E-state index in [4.69, 9.17) is 9.47 Å². The van der Waals surface area contributed by atoms with Crippen molar-refractivity contribution in [2.24, 2.45) is 0 Å². The highest BCUT2D eigenvalue weighted by Crippen LogP contribution is 2.36. The molecule has 3 aromatic rings. The predicted molar refractivity (Wildman–Crippen MR) is 96.4 cm³/mol. The van der Waals surface area contributed by atoms with Crippen LogP contribution in [0.4, 0.5) is 17.3 Å². The average Bonchev–Trinajstić information content (AvgIpc) is 3.09. The van der Waals surface area contributed by atoms with Crippen molar-refractivity contribution in [2.75, 3.05) is 25.7 Å². The first kappa shape index (κ1) is 16.1. The second kappa shape index (κ2) is 6.14. The molecule has 0 saturated heterocycles. The van der Waals surface area contributed by atoms with Crippen molar-refractivity contribution in [3.63, 3.8) is 0 Å². The number of non-ortho nitro benzene ring substituents is 1. The molecule has 2 heterocycles. The summed E-state index contributed by atoms with van der Waals surface area (Å²) in [5.41, 5.74) is 2.66. The van der Waals surface area contributed by atoms with Gasteiger partial charge in [-0.15, -0.1) is 0 Å². The molecule has 2 aromatic carbocycles. The molecule has 26 heavy (non-hydrogen) atoms. The second-order valence-corrected chi connectivity index (χ2v) is 5.91. The van der Waals surface area contributed by atoms with E-state index >= 15 is 0 Å². The summed E-state index contributed by atoms with van der Waals surface area (Å²) < 4.78 is 10.6. The Morgan fingerprint density at radius 3 is 2.65 bits per heavy atom. The van der Waals surface area contributed by atoms with Crippen molar-refractivity contribution in [1.29, 1.82) is 0 Å². The number of hydrogen-bond donors (Lipinski definition) is 0. The first-order chi connectivity index (χ1) is 12.6. The van der Waals surface area contributed by atoms with E-state index in [9.17, 15) is 10.1 Å². The van der Waals surface area contributed by atoms with Crippen LogP contribution in [-0.2, 0) is 6.42 Å². The number of nitrogens with zero attached hydrogens (tertiary/aromatic N) is 4. The Kier molecular flexibility index (Phi) is 3.80. The molecule has 0 spiro atoms. The molecular formula is C18H16N4O4. The maximum Gasteiger partial charge on any atom is 0.269 e. The Hall–Kier alpha value is -3.42.